The molecule has 222 valence electrons. The third-order valence-electron chi connectivity index (χ3n) is 7.25. The molecule has 42 heavy (non-hydrogen) atoms. The summed E-state index contributed by atoms with van der Waals surface area (Å²) in [6.07, 6.45) is 2.12. The first-order chi connectivity index (χ1) is 19.7. The third kappa shape index (κ3) is 5.23. The standard InChI is InChI=1S/C29H32N4O7S2/c1-6-41(36,37)30-15-19-13-22(27-24(14-19)31-28(34)26(40-27)17(2)3)23-16-32(5)29(35)25-21(23)11-12-33(25)42(38,39)20-9-7-18(4)8-10-20/h7-14,16-17,26,30H,6,15H2,1-5H3,(H,31,34). The normalized spacial score (nSPS) is 15.5. The average molecular weight is 613 g/mol. The van der Waals surface area contributed by atoms with Crippen LogP contribution in [-0.4, -0.2) is 43.1 Å². The molecule has 3 heterocycles. The van der Waals surface area contributed by atoms with Crippen molar-refractivity contribution in [1.82, 2.24) is 13.3 Å². The summed E-state index contributed by atoms with van der Waals surface area (Å²) < 4.78 is 62.7. The van der Waals surface area contributed by atoms with Crippen molar-refractivity contribution in [3.8, 4) is 16.9 Å². The molecule has 0 fully saturated rings. The topological polar surface area (TPSA) is 146 Å². The van der Waals surface area contributed by atoms with Gasteiger partial charge in [-0.25, -0.2) is 25.5 Å². The minimum Gasteiger partial charge on any atom is -0.477 e. The van der Waals surface area contributed by atoms with Crippen molar-refractivity contribution < 1.29 is 26.4 Å². The van der Waals surface area contributed by atoms with Crippen LogP contribution in [0.25, 0.3) is 22.0 Å². The Morgan fingerprint density at radius 1 is 1.02 bits per heavy atom. The highest BCUT2D eigenvalue weighted by atomic mass is 32.2. The van der Waals surface area contributed by atoms with Gasteiger partial charge in [-0.1, -0.05) is 31.5 Å². The quantitative estimate of drug-likeness (QED) is 0.310. The predicted molar refractivity (Wildman–Crippen MR) is 161 cm³/mol. The number of nitrogens with one attached hydrogen (secondary N) is 2. The lowest BCUT2D eigenvalue weighted by Gasteiger charge is -2.30. The fraction of sp³-hybridized carbons (Fsp3) is 0.310. The molecule has 1 unspecified atom stereocenters. The fourth-order valence-corrected chi connectivity index (χ4v) is 6.83. The zero-order chi connectivity index (χ0) is 30.6. The summed E-state index contributed by atoms with van der Waals surface area (Å²) in [5.41, 5.74) is 2.12. The summed E-state index contributed by atoms with van der Waals surface area (Å²) in [4.78, 5) is 26.3. The molecule has 2 aromatic heterocycles. The van der Waals surface area contributed by atoms with Gasteiger partial charge in [0.15, 0.2) is 11.9 Å². The number of hydrogen-bond acceptors (Lipinski definition) is 7. The first-order valence-electron chi connectivity index (χ1n) is 13.4. The smallest absolute Gasteiger partial charge is 0.275 e. The van der Waals surface area contributed by atoms with Crippen LogP contribution in [0.1, 0.15) is 31.9 Å². The molecule has 1 atom stereocenters. The number of benzene rings is 2. The molecule has 0 bridgehead atoms. The Kier molecular flexibility index (Phi) is 7.54. The van der Waals surface area contributed by atoms with E-state index in [-0.39, 0.29) is 34.5 Å². The third-order valence-corrected chi connectivity index (χ3v) is 10.3. The van der Waals surface area contributed by atoms with Crippen LogP contribution < -0.4 is 20.3 Å². The van der Waals surface area contributed by atoms with E-state index in [1.165, 1.54) is 36.9 Å². The summed E-state index contributed by atoms with van der Waals surface area (Å²) in [6.45, 7) is 7.02. The van der Waals surface area contributed by atoms with Crippen molar-refractivity contribution in [1.29, 1.82) is 0 Å². The molecule has 2 aromatic carbocycles. The van der Waals surface area contributed by atoms with E-state index >= 15 is 0 Å². The van der Waals surface area contributed by atoms with Crippen LogP contribution in [0, 0.1) is 12.8 Å². The number of aromatic nitrogens is 2. The monoisotopic (exact) mass is 612 g/mol. The van der Waals surface area contributed by atoms with E-state index in [1.54, 1.807) is 36.5 Å². The minimum atomic E-state index is -4.12. The fourth-order valence-electron chi connectivity index (χ4n) is 4.90. The van der Waals surface area contributed by atoms with Gasteiger partial charge in [0.25, 0.3) is 21.5 Å². The number of ether oxygens (including phenoxy) is 1. The van der Waals surface area contributed by atoms with Crippen LogP contribution >= 0.6 is 0 Å². The first kappa shape index (κ1) is 29.5. The summed E-state index contributed by atoms with van der Waals surface area (Å²) in [7, 11) is -6.12. The van der Waals surface area contributed by atoms with Crippen molar-refractivity contribution >= 4 is 42.5 Å². The number of fused-ring (bicyclic) bond motifs is 2. The molecule has 11 nitrogen and oxygen atoms in total. The maximum absolute atomic E-state index is 13.7. The van der Waals surface area contributed by atoms with Crippen molar-refractivity contribution in [2.45, 2.75) is 45.2 Å². The van der Waals surface area contributed by atoms with Gasteiger partial charge in [0, 0.05) is 42.5 Å². The number of sulfonamides is 1. The molecule has 0 aliphatic carbocycles. The van der Waals surface area contributed by atoms with Crippen LogP contribution in [0.4, 0.5) is 5.69 Å². The van der Waals surface area contributed by atoms with Gasteiger partial charge in [-0.3, -0.25) is 9.59 Å². The van der Waals surface area contributed by atoms with Gasteiger partial charge in [-0.2, -0.15) is 0 Å². The van der Waals surface area contributed by atoms with Gasteiger partial charge in [0.05, 0.1) is 16.3 Å². The summed E-state index contributed by atoms with van der Waals surface area (Å²) in [5.74, 6) is -0.270. The van der Waals surface area contributed by atoms with Crippen LogP contribution in [0.3, 0.4) is 0 Å². The summed E-state index contributed by atoms with van der Waals surface area (Å²) in [5, 5.41) is 3.22. The Bertz CT molecular complexity index is 1990. The van der Waals surface area contributed by atoms with Gasteiger partial charge in [-0.15, -0.1) is 0 Å². The van der Waals surface area contributed by atoms with Gasteiger partial charge in [-0.05, 0) is 55.7 Å². The molecular formula is C29H32N4O7S2. The molecule has 4 aromatic rings. The molecule has 0 spiro atoms. The highest BCUT2D eigenvalue weighted by Gasteiger charge is 2.33. The van der Waals surface area contributed by atoms with Crippen molar-refractivity contribution in [2.24, 2.45) is 13.0 Å². The molecular weight excluding hydrogens is 580 g/mol. The maximum Gasteiger partial charge on any atom is 0.275 e. The first-order valence-corrected chi connectivity index (χ1v) is 16.5. The lowest BCUT2D eigenvalue weighted by molar-refractivity contribution is -0.125. The molecule has 5 rings (SSSR count). The van der Waals surface area contributed by atoms with E-state index in [0.29, 0.717) is 33.5 Å². The molecule has 2 N–H and O–H groups in total. The Labute approximate surface area is 244 Å². The highest BCUT2D eigenvalue weighted by molar-refractivity contribution is 7.90. The van der Waals surface area contributed by atoms with E-state index in [9.17, 15) is 26.4 Å². The van der Waals surface area contributed by atoms with E-state index in [2.05, 4.69) is 10.0 Å². The SMILES string of the molecule is CCS(=O)(=O)NCc1cc2c(c(-c3cn(C)c(=O)c4c3ccn4S(=O)(=O)c3ccc(C)cc3)c1)OC(C(C)C)C(=O)N2. The molecule has 0 saturated heterocycles. The van der Waals surface area contributed by atoms with Crippen molar-refractivity contribution in [2.75, 3.05) is 11.1 Å². The zero-order valence-corrected chi connectivity index (χ0v) is 25.5. The predicted octanol–water partition coefficient (Wildman–Crippen LogP) is 3.35. The van der Waals surface area contributed by atoms with Crippen LogP contribution in [-0.2, 0) is 38.4 Å². The number of hydrogen-bond donors (Lipinski definition) is 2. The molecule has 0 radical (unpaired) electrons. The Balaban J connectivity index is 1.76. The molecule has 1 aliphatic heterocycles. The second-order valence-electron chi connectivity index (χ2n) is 10.7. The molecule has 0 saturated carbocycles. The van der Waals surface area contributed by atoms with E-state index < -0.39 is 31.7 Å². The van der Waals surface area contributed by atoms with Crippen LogP contribution in [0.15, 0.2) is 64.5 Å². The Morgan fingerprint density at radius 3 is 2.36 bits per heavy atom. The summed E-state index contributed by atoms with van der Waals surface area (Å²) in [6, 6.07) is 11.3. The van der Waals surface area contributed by atoms with Gasteiger partial charge >= 0.3 is 0 Å². The second kappa shape index (κ2) is 10.7. The number of nitrogens with zero attached hydrogens (tertiary/aromatic N) is 2. The number of aryl methyl sites for hydroxylation is 2. The second-order valence-corrected chi connectivity index (χ2v) is 14.6. The number of rotatable bonds is 8. The lowest BCUT2D eigenvalue weighted by atomic mass is 9.97. The number of carbonyl (C=O) groups excluding carboxylic acids is 1. The van der Waals surface area contributed by atoms with Gasteiger partial charge in [0.1, 0.15) is 5.52 Å². The van der Waals surface area contributed by atoms with Crippen LogP contribution in [0.2, 0.25) is 0 Å². The average Bonchev–Trinajstić information content (AvgIpc) is 3.40. The van der Waals surface area contributed by atoms with Crippen molar-refractivity contribution in [3.05, 3.63) is 76.3 Å². The van der Waals surface area contributed by atoms with E-state index in [1.807, 2.05) is 20.8 Å². The molecule has 1 aliphatic rings. The van der Waals surface area contributed by atoms with E-state index in [4.69, 9.17) is 4.74 Å². The minimum absolute atomic E-state index is 0.0338. The number of pyridine rings is 1. The molecule has 13 heteroatoms. The zero-order valence-electron chi connectivity index (χ0n) is 23.8. The summed E-state index contributed by atoms with van der Waals surface area (Å²) >= 11 is 0. The Hall–Kier alpha value is -3.94. The molecule has 1 amide bonds. The Morgan fingerprint density at radius 2 is 1.71 bits per heavy atom. The van der Waals surface area contributed by atoms with E-state index in [0.717, 1.165) is 9.54 Å². The highest BCUT2D eigenvalue weighted by Crippen LogP contribution is 2.43. The maximum atomic E-state index is 13.7. The van der Waals surface area contributed by atoms with Gasteiger partial charge in [0.2, 0.25) is 10.0 Å². The number of amides is 1. The largest absolute Gasteiger partial charge is 0.477 e. The number of carbonyl (C=O) groups is 1. The lowest BCUT2D eigenvalue weighted by Crippen LogP contribution is -2.40. The number of anilines is 1. The van der Waals surface area contributed by atoms with Gasteiger partial charge < -0.3 is 14.6 Å². The van der Waals surface area contributed by atoms with Crippen molar-refractivity contribution in [3.63, 3.8) is 0 Å². The van der Waals surface area contributed by atoms with Crippen LogP contribution in [0.5, 0.6) is 5.75 Å².